The van der Waals surface area contributed by atoms with Crippen LogP contribution in [0.5, 0.6) is 11.5 Å². The molecule has 0 bridgehead atoms. The number of nitrogens with one attached hydrogen (secondary N) is 1. The summed E-state index contributed by atoms with van der Waals surface area (Å²) in [5.41, 5.74) is 3.86. The van der Waals surface area contributed by atoms with Gasteiger partial charge in [-0.15, -0.1) is 0 Å². The van der Waals surface area contributed by atoms with E-state index in [-0.39, 0.29) is 12.5 Å². The number of rotatable bonds is 20. The molecule has 1 aromatic heterocycles. The molecule has 3 rings (SSSR count). The van der Waals surface area contributed by atoms with Crippen LogP contribution in [-0.2, 0) is 11.3 Å². The highest BCUT2D eigenvalue weighted by molar-refractivity contribution is 7.07. The fraction of sp³-hybridized carbons (Fsp3) is 0.500. The Morgan fingerprint density at radius 3 is 2.28 bits per heavy atom. The second-order valence-electron chi connectivity index (χ2n) is 10.0. The predicted molar refractivity (Wildman–Crippen MR) is 162 cm³/mol. The molecule has 0 aliphatic heterocycles. The first-order valence-corrected chi connectivity index (χ1v) is 15.8. The molecule has 0 saturated heterocycles. The lowest BCUT2D eigenvalue weighted by molar-refractivity contribution is -0.683. The molecule has 39 heavy (non-hydrogen) atoms. The third-order valence-corrected chi connectivity index (χ3v) is 7.68. The molecule has 0 radical (unpaired) electrons. The summed E-state index contributed by atoms with van der Waals surface area (Å²) in [5, 5.41) is 5.54. The number of para-hydroxylation sites is 1. The molecule has 0 atom stereocenters. The number of anilines is 1. The van der Waals surface area contributed by atoms with Gasteiger partial charge in [0.25, 0.3) is 5.91 Å². The van der Waals surface area contributed by atoms with Crippen LogP contribution < -0.4 is 19.4 Å². The van der Waals surface area contributed by atoms with Crippen molar-refractivity contribution in [2.45, 2.75) is 90.5 Å². The molecule has 2 aromatic carbocycles. The Kier molecular flexibility index (Phi) is 14.8. The van der Waals surface area contributed by atoms with Gasteiger partial charge >= 0.3 is 0 Å². The number of amides is 1. The summed E-state index contributed by atoms with van der Waals surface area (Å²) in [6, 6.07) is 13.1. The second-order valence-corrected chi connectivity index (χ2v) is 11.2. The maximum absolute atomic E-state index is 12.6. The maximum Gasteiger partial charge on any atom is 0.262 e. The van der Waals surface area contributed by atoms with Crippen LogP contribution in [0.2, 0.25) is 5.02 Å². The van der Waals surface area contributed by atoms with E-state index in [1.165, 1.54) is 64.2 Å². The summed E-state index contributed by atoms with van der Waals surface area (Å²) < 4.78 is 13.8. The summed E-state index contributed by atoms with van der Waals surface area (Å²) in [5.74, 6) is 0.934. The van der Waals surface area contributed by atoms with Crippen molar-refractivity contribution < 1.29 is 18.8 Å². The van der Waals surface area contributed by atoms with Crippen molar-refractivity contribution in [1.29, 1.82) is 0 Å². The molecule has 212 valence electrons. The summed E-state index contributed by atoms with van der Waals surface area (Å²) in [6.07, 6.45) is 17.7. The standard InChI is InChI=1S/C32H43ClN2O3S/c1-2-3-4-5-6-7-8-9-10-11-12-15-21-37-31-23-28(18-19-29(31)33)38-25-32(36)34-30-17-14-13-16-27(30)24-35-20-22-39-26-35/h13-14,16-20,22-23,26H,2-12,15,21,24-25H2,1H3/p+1. The van der Waals surface area contributed by atoms with Gasteiger partial charge in [-0.2, -0.15) is 4.57 Å². The summed E-state index contributed by atoms with van der Waals surface area (Å²) in [4.78, 5) is 12.6. The first-order chi connectivity index (χ1) is 19.2. The minimum absolute atomic E-state index is 0.0975. The number of thiazole rings is 1. The number of benzene rings is 2. The van der Waals surface area contributed by atoms with E-state index >= 15 is 0 Å². The molecule has 0 fully saturated rings. The molecule has 0 aliphatic rings. The molecule has 5 nitrogen and oxygen atoms in total. The Bertz CT molecular complexity index is 1090. The van der Waals surface area contributed by atoms with Crippen LogP contribution in [0.1, 0.15) is 89.5 Å². The molecule has 0 saturated carbocycles. The van der Waals surface area contributed by atoms with Gasteiger partial charge < -0.3 is 14.8 Å². The fourth-order valence-corrected chi connectivity index (χ4v) is 5.24. The predicted octanol–water partition coefficient (Wildman–Crippen LogP) is 8.83. The third-order valence-electron chi connectivity index (χ3n) is 6.70. The monoisotopic (exact) mass is 571 g/mol. The van der Waals surface area contributed by atoms with Crippen LogP contribution in [0.4, 0.5) is 5.69 Å². The van der Waals surface area contributed by atoms with Gasteiger partial charge in [-0.25, -0.2) is 0 Å². The Morgan fingerprint density at radius 2 is 1.59 bits per heavy atom. The number of aromatic nitrogens is 1. The van der Waals surface area contributed by atoms with Crippen LogP contribution in [0.3, 0.4) is 0 Å². The first kappa shape index (κ1) is 31.0. The highest BCUT2D eigenvalue weighted by atomic mass is 35.5. The van der Waals surface area contributed by atoms with Gasteiger partial charge in [0, 0.05) is 11.6 Å². The van der Waals surface area contributed by atoms with E-state index in [2.05, 4.69) is 16.8 Å². The normalized spacial score (nSPS) is 10.9. The van der Waals surface area contributed by atoms with E-state index in [4.69, 9.17) is 21.1 Å². The van der Waals surface area contributed by atoms with Crippen molar-refractivity contribution in [1.82, 2.24) is 0 Å². The molecule has 1 amide bonds. The summed E-state index contributed by atoms with van der Waals surface area (Å²) >= 11 is 7.97. The van der Waals surface area contributed by atoms with Crippen molar-refractivity contribution in [3.63, 3.8) is 0 Å². The van der Waals surface area contributed by atoms with Crippen molar-refractivity contribution in [2.75, 3.05) is 18.5 Å². The van der Waals surface area contributed by atoms with Crippen molar-refractivity contribution in [3.05, 3.63) is 70.1 Å². The van der Waals surface area contributed by atoms with Crippen LogP contribution in [0.15, 0.2) is 59.6 Å². The van der Waals surface area contributed by atoms with Gasteiger partial charge in [-0.1, -0.05) is 119 Å². The minimum atomic E-state index is -0.216. The SMILES string of the molecule is CCCCCCCCCCCCCCOc1cc(OCC(=O)Nc2ccccc2C[n+]2ccsc2)ccc1Cl. The maximum atomic E-state index is 12.6. The number of ether oxygens (including phenoxy) is 2. The topological polar surface area (TPSA) is 51.4 Å². The Labute approximate surface area is 243 Å². The number of carbonyl (C=O) groups excluding carboxylic acids is 1. The van der Waals surface area contributed by atoms with Crippen molar-refractivity contribution in [3.8, 4) is 11.5 Å². The Hall–Kier alpha value is -2.57. The van der Waals surface area contributed by atoms with Gasteiger partial charge in [0.15, 0.2) is 19.3 Å². The number of halogens is 1. The molecule has 0 unspecified atom stereocenters. The van der Waals surface area contributed by atoms with Crippen LogP contribution >= 0.6 is 22.9 Å². The lowest BCUT2D eigenvalue weighted by Gasteiger charge is -2.12. The molecule has 7 heteroatoms. The summed E-state index contributed by atoms with van der Waals surface area (Å²) in [6.45, 7) is 3.49. The smallest absolute Gasteiger partial charge is 0.262 e. The van der Waals surface area contributed by atoms with Crippen molar-refractivity contribution in [2.24, 2.45) is 0 Å². The molecule has 0 spiro atoms. The Morgan fingerprint density at radius 1 is 0.897 bits per heavy atom. The molecule has 0 aliphatic carbocycles. The Balaban J connectivity index is 1.31. The van der Waals surface area contributed by atoms with Crippen molar-refractivity contribution >= 4 is 34.5 Å². The molecular weight excluding hydrogens is 528 g/mol. The number of nitrogens with zero attached hydrogens (tertiary/aromatic N) is 1. The van der Waals surface area contributed by atoms with Gasteiger partial charge in [0.1, 0.15) is 11.5 Å². The number of hydrogen-bond acceptors (Lipinski definition) is 4. The zero-order valence-electron chi connectivity index (χ0n) is 23.3. The lowest BCUT2D eigenvalue weighted by atomic mass is 10.1. The van der Waals surface area contributed by atoms with Gasteiger partial charge in [0.2, 0.25) is 5.51 Å². The largest absolute Gasteiger partial charge is 0.492 e. The van der Waals surface area contributed by atoms with Crippen LogP contribution in [0, 0.1) is 0 Å². The molecule has 3 aromatic rings. The van der Waals surface area contributed by atoms with Crippen LogP contribution in [-0.4, -0.2) is 19.1 Å². The zero-order valence-corrected chi connectivity index (χ0v) is 24.9. The van der Waals surface area contributed by atoms with E-state index in [9.17, 15) is 4.79 Å². The van der Waals surface area contributed by atoms with Crippen LogP contribution in [0.25, 0.3) is 0 Å². The highest BCUT2D eigenvalue weighted by Gasteiger charge is 2.12. The lowest BCUT2D eigenvalue weighted by Crippen LogP contribution is -2.31. The van der Waals surface area contributed by atoms with E-state index in [0.29, 0.717) is 29.7 Å². The van der Waals surface area contributed by atoms with Gasteiger partial charge in [0.05, 0.1) is 22.7 Å². The van der Waals surface area contributed by atoms with E-state index < -0.39 is 0 Å². The quantitative estimate of drug-likeness (QED) is 0.109. The fourth-order valence-electron chi connectivity index (χ4n) is 4.47. The molecular formula is C32H44ClN2O3S+. The molecule has 1 heterocycles. The average Bonchev–Trinajstić information content (AvgIpc) is 3.46. The summed E-state index contributed by atoms with van der Waals surface area (Å²) in [7, 11) is 0. The number of hydrogen-bond donors (Lipinski definition) is 1. The minimum Gasteiger partial charge on any atom is -0.492 e. The average molecular weight is 572 g/mol. The van der Waals surface area contributed by atoms with Gasteiger partial charge in [-0.05, 0) is 24.6 Å². The zero-order chi connectivity index (χ0) is 27.5. The second kappa shape index (κ2) is 18.7. The number of carbonyl (C=O) groups is 1. The van der Waals surface area contributed by atoms with E-state index in [1.807, 2.05) is 41.4 Å². The first-order valence-electron chi connectivity index (χ1n) is 14.5. The number of unbranched alkanes of at least 4 members (excludes halogenated alkanes) is 11. The third kappa shape index (κ3) is 12.4. The molecule has 1 N–H and O–H groups in total. The van der Waals surface area contributed by atoms with E-state index in [1.54, 1.807) is 29.5 Å². The van der Waals surface area contributed by atoms with E-state index in [0.717, 1.165) is 24.1 Å². The van der Waals surface area contributed by atoms with Gasteiger partial charge in [-0.3, -0.25) is 4.79 Å². The highest BCUT2D eigenvalue weighted by Crippen LogP contribution is 2.29.